The Morgan fingerprint density at radius 2 is 2.21 bits per heavy atom. The first kappa shape index (κ1) is 13.9. The summed E-state index contributed by atoms with van der Waals surface area (Å²) in [6.45, 7) is 2.94. The lowest BCUT2D eigenvalue weighted by Crippen LogP contribution is -2.46. The molecule has 0 radical (unpaired) electrons. The van der Waals surface area contributed by atoms with E-state index in [-0.39, 0.29) is 17.9 Å². The first-order valence-electron chi connectivity index (χ1n) is 6.97. The molecule has 2 atom stereocenters. The standard InChI is InChI=1S/C14H21N3O2/c1-2-13(18)17-8-4-5-11(10-17)9-16-14(19)12-6-3-7-15-12/h1,11-12,15H,3-10H2,(H,16,19). The molecule has 2 aliphatic rings. The summed E-state index contributed by atoms with van der Waals surface area (Å²) in [4.78, 5) is 25.0. The van der Waals surface area contributed by atoms with Gasteiger partial charge in [-0.25, -0.2) is 0 Å². The van der Waals surface area contributed by atoms with Crippen molar-refractivity contribution < 1.29 is 9.59 Å². The average Bonchev–Trinajstić information content (AvgIpc) is 2.98. The van der Waals surface area contributed by atoms with Gasteiger partial charge in [-0.1, -0.05) is 0 Å². The van der Waals surface area contributed by atoms with Gasteiger partial charge in [0, 0.05) is 19.6 Å². The van der Waals surface area contributed by atoms with Crippen molar-refractivity contribution in [3.05, 3.63) is 0 Å². The number of nitrogens with zero attached hydrogens (tertiary/aromatic N) is 1. The summed E-state index contributed by atoms with van der Waals surface area (Å²) in [5, 5.41) is 6.16. The number of hydrogen-bond acceptors (Lipinski definition) is 3. The summed E-state index contributed by atoms with van der Waals surface area (Å²) < 4.78 is 0. The van der Waals surface area contributed by atoms with Gasteiger partial charge in [0.05, 0.1) is 6.04 Å². The molecule has 104 valence electrons. The maximum absolute atomic E-state index is 11.9. The van der Waals surface area contributed by atoms with Crippen molar-refractivity contribution >= 4 is 11.8 Å². The molecule has 2 unspecified atom stereocenters. The Kier molecular flexibility index (Phi) is 4.80. The number of piperidine rings is 1. The van der Waals surface area contributed by atoms with Gasteiger partial charge in [-0.3, -0.25) is 9.59 Å². The third-order valence-corrected chi connectivity index (χ3v) is 3.87. The molecule has 0 aromatic heterocycles. The van der Waals surface area contributed by atoms with Gasteiger partial charge in [0.2, 0.25) is 5.91 Å². The van der Waals surface area contributed by atoms with Gasteiger partial charge in [-0.2, -0.15) is 0 Å². The first-order chi connectivity index (χ1) is 9.20. The molecule has 2 aliphatic heterocycles. The molecule has 0 aliphatic carbocycles. The van der Waals surface area contributed by atoms with Crippen molar-refractivity contribution in [1.82, 2.24) is 15.5 Å². The smallest absolute Gasteiger partial charge is 0.298 e. The van der Waals surface area contributed by atoms with Crippen LogP contribution >= 0.6 is 0 Å². The molecule has 5 heteroatoms. The van der Waals surface area contributed by atoms with Crippen LogP contribution in [0, 0.1) is 18.3 Å². The van der Waals surface area contributed by atoms with Crippen LogP contribution < -0.4 is 10.6 Å². The zero-order valence-corrected chi connectivity index (χ0v) is 11.2. The summed E-state index contributed by atoms with van der Waals surface area (Å²) in [5.74, 6) is 2.31. The maximum atomic E-state index is 11.9. The van der Waals surface area contributed by atoms with Gasteiger partial charge >= 0.3 is 0 Å². The van der Waals surface area contributed by atoms with Crippen LogP contribution in [0.5, 0.6) is 0 Å². The molecule has 0 spiro atoms. The third kappa shape index (κ3) is 3.71. The lowest BCUT2D eigenvalue weighted by Gasteiger charge is -2.31. The molecule has 2 rings (SSSR count). The van der Waals surface area contributed by atoms with Crippen LogP contribution in [0.1, 0.15) is 25.7 Å². The topological polar surface area (TPSA) is 61.4 Å². The molecule has 2 N–H and O–H groups in total. The summed E-state index contributed by atoms with van der Waals surface area (Å²) in [6, 6.07) is -0.0352. The number of rotatable bonds is 3. The number of carbonyl (C=O) groups excluding carboxylic acids is 2. The molecule has 2 fully saturated rings. The zero-order valence-electron chi connectivity index (χ0n) is 11.2. The lowest BCUT2D eigenvalue weighted by atomic mass is 9.98. The van der Waals surface area contributed by atoms with E-state index in [0.717, 1.165) is 38.8 Å². The van der Waals surface area contributed by atoms with Crippen molar-refractivity contribution in [1.29, 1.82) is 0 Å². The van der Waals surface area contributed by atoms with Crippen molar-refractivity contribution in [2.75, 3.05) is 26.2 Å². The Morgan fingerprint density at radius 3 is 2.89 bits per heavy atom. The van der Waals surface area contributed by atoms with Gasteiger partial charge in [0.25, 0.3) is 5.91 Å². The largest absolute Gasteiger partial charge is 0.354 e. The van der Waals surface area contributed by atoms with Gasteiger partial charge in [0.15, 0.2) is 0 Å². The quantitative estimate of drug-likeness (QED) is 0.689. The molecule has 0 aromatic carbocycles. The summed E-state index contributed by atoms with van der Waals surface area (Å²) in [7, 11) is 0. The fourth-order valence-electron chi connectivity index (χ4n) is 2.78. The second-order valence-corrected chi connectivity index (χ2v) is 5.30. The van der Waals surface area contributed by atoms with Gasteiger partial charge < -0.3 is 15.5 Å². The van der Waals surface area contributed by atoms with E-state index in [4.69, 9.17) is 6.42 Å². The predicted molar refractivity (Wildman–Crippen MR) is 72.2 cm³/mol. The molecule has 2 saturated heterocycles. The number of amides is 2. The van der Waals surface area contributed by atoms with E-state index in [9.17, 15) is 9.59 Å². The number of carbonyl (C=O) groups is 2. The van der Waals surface area contributed by atoms with Crippen LogP contribution in [0.3, 0.4) is 0 Å². The first-order valence-corrected chi connectivity index (χ1v) is 6.97. The minimum atomic E-state index is -0.242. The van der Waals surface area contributed by atoms with E-state index >= 15 is 0 Å². The van der Waals surface area contributed by atoms with E-state index in [2.05, 4.69) is 16.6 Å². The fourth-order valence-corrected chi connectivity index (χ4v) is 2.78. The van der Waals surface area contributed by atoms with Crippen LogP contribution in [0.2, 0.25) is 0 Å². The number of hydrogen-bond donors (Lipinski definition) is 2. The Morgan fingerprint density at radius 1 is 1.37 bits per heavy atom. The Hall–Kier alpha value is -1.54. The zero-order chi connectivity index (χ0) is 13.7. The molecule has 2 amide bonds. The highest BCUT2D eigenvalue weighted by molar-refractivity contribution is 5.92. The van der Waals surface area contributed by atoms with Gasteiger partial charge in [0.1, 0.15) is 0 Å². The monoisotopic (exact) mass is 263 g/mol. The molecule has 5 nitrogen and oxygen atoms in total. The van der Waals surface area contributed by atoms with E-state index < -0.39 is 0 Å². The highest BCUT2D eigenvalue weighted by atomic mass is 16.2. The van der Waals surface area contributed by atoms with Crippen molar-refractivity contribution in [2.24, 2.45) is 5.92 Å². The number of likely N-dealkylation sites (tertiary alicyclic amines) is 1. The summed E-state index contributed by atoms with van der Waals surface area (Å²) in [5.41, 5.74) is 0. The van der Waals surface area contributed by atoms with E-state index in [0.29, 0.717) is 19.0 Å². The minimum Gasteiger partial charge on any atom is -0.354 e. The summed E-state index contributed by atoms with van der Waals surface area (Å²) in [6.07, 6.45) is 9.10. The van der Waals surface area contributed by atoms with E-state index in [1.807, 2.05) is 0 Å². The van der Waals surface area contributed by atoms with Gasteiger partial charge in [-0.15, -0.1) is 6.42 Å². The van der Waals surface area contributed by atoms with Crippen LogP contribution in [0.15, 0.2) is 0 Å². The highest BCUT2D eigenvalue weighted by Gasteiger charge is 2.25. The minimum absolute atomic E-state index is 0.0352. The molecule has 19 heavy (non-hydrogen) atoms. The van der Waals surface area contributed by atoms with Gasteiger partial charge in [-0.05, 0) is 44.1 Å². The molecule has 2 heterocycles. The van der Waals surface area contributed by atoms with E-state index in [1.165, 1.54) is 0 Å². The van der Waals surface area contributed by atoms with Crippen LogP contribution in [-0.2, 0) is 9.59 Å². The van der Waals surface area contributed by atoms with Crippen molar-refractivity contribution in [3.8, 4) is 12.3 Å². The molecular formula is C14H21N3O2. The molecular weight excluding hydrogens is 242 g/mol. The fraction of sp³-hybridized carbons (Fsp3) is 0.714. The third-order valence-electron chi connectivity index (χ3n) is 3.87. The SMILES string of the molecule is C#CC(=O)N1CCCC(CNC(=O)C2CCCN2)C1. The normalized spacial score (nSPS) is 26.8. The number of nitrogens with one attached hydrogen (secondary N) is 2. The van der Waals surface area contributed by atoms with Crippen LogP contribution in [0.25, 0.3) is 0 Å². The average molecular weight is 263 g/mol. The van der Waals surface area contributed by atoms with E-state index in [1.54, 1.807) is 4.90 Å². The van der Waals surface area contributed by atoms with Crippen molar-refractivity contribution in [2.45, 2.75) is 31.7 Å². The lowest BCUT2D eigenvalue weighted by molar-refractivity contribution is -0.126. The molecule has 0 saturated carbocycles. The Balaban J connectivity index is 1.74. The molecule has 0 bridgehead atoms. The Labute approximate surface area is 114 Å². The van der Waals surface area contributed by atoms with Crippen LogP contribution in [0.4, 0.5) is 0 Å². The van der Waals surface area contributed by atoms with Crippen molar-refractivity contribution in [3.63, 3.8) is 0 Å². The molecule has 0 aromatic rings. The maximum Gasteiger partial charge on any atom is 0.298 e. The predicted octanol–water partition coefficient (Wildman–Crippen LogP) is -0.274. The Bertz CT molecular complexity index is 383. The second-order valence-electron chi connectivity index (χ2n) is 5.30. The summed E-state index contributed by atoms with van der Waals surface area (Å²) >= 11 is 0. The number of terminal acetylenes is 1. The second kappa shape index (κ2) is 6.58. The van der Waals surface area contributed by atoms with Crippen LogP contribution in [-0.4, -0.2) is 48.9 Å². The highest BCUT2D eigenvalue weighted by Crippen LogP contribution is 2.16.